The van der Waals surface area contributed by atoms with Crippen LogP contribution in [0.3, 0.4) is 0 Å². The molecule has 2 aliphatic heterocycles. The molecule has 2 N–H and O–H groups in total. The monoisotopic (exact) mass is 257 g/mol. The van der Waals surface area contributed by atoms with Gasteiger partial charge in [-0.05, 0) is 6.92 Å². The fraction of sp³-hybridized carbons (Fsp3) is 0.917. The van der Waals surface area contributed by atoms with Gasteiger partial charge in [0.05, 0.1) is 25.9 Å². The molecule has 0 bridgehead atoms. The number of ether oxygens (including phenoxy) is 3. The van der Waals surface area contributed by atoms with Crippen molar-refractivity contribution in [1.29, 1.82) is 0 Å². The van der Waals surface area contributed by atoms with E-state index in [0.717, 1.165) is 26.1 Å². The van der Waals surface area contributed by atoms with E-state index in [1.165, 1.54) is 0 Å². The molecule has 2 aliphatic rings. The van der Waals surface area contributed by atoms with E-state index >= 15 is 0 Å². The predicted octanol–water partition coefficient (Wildman–Crippen LogP) is -0.173. The van der Waals surface area contributed by atoms with Gasteiger partial charge in [-0.15, -0.1) is 0 Å². The maximum absolute atomic E-state index is 6.03. The summed E-state index contributed by atoms with van der Waals surface area (Å²) in [5.41, 5.74) is 5.74. The van der Waals surface area contributed by atoms with E-state index in [1.54, 1.807) is 7.11 Å². The van der Waals surface area contributed by atoms with Gasteiger partial charge >= 0.3 is 0 Å². The summed E-state index contributed by atoms with van der Waals surface area (Å²) < 4.78 is 16.4. The predicted molar refractivity (Wildman–Crippen MR) is 68.7 cm³/mol. The average molecular weight is 257 g/mol. The van der Waals surface area contributed by atoms with Crippen LogP contribution in [0.25, 0.3) is 0 Å². The molecule has 2 fully saturated rings. The van der Waals surface area contributed by atoms with Gasteiger partial charge in [-0.25, -0.2) is 0 Å². The van der Waals surface area contributed by atoms with Crippen LogP contribution in [-0.4, -0.2) is 69.1 Å². The minimum Gasteiger partial charge on any atom is -0.378 e. The zero-order valence-corrected chi connectivity index (χ0v) is 11.2. The number of guanidine groups is 1. The summed E-state index contributed by atoms with van der Waals surface area (Å²) in [6.07, 6.45) is 1.08. The Morgan fingerprint density at radius 1 is 1.56 bits per heavy atom. The van der Waals surface area contributed by atoms with Crippen LogP contribution in [-0.2, 0) is 14.2 Å². The van der Waals surface area contributed by atoms with Crippen molar-refractivity contribution < 1.29 is 14.2 Å². The molecule has 2 unspecified atom stereocenters. The molecule has 0 amide bonds. The number of morpholine rings is 1. The van der Waals surface area contributed by atoms with Crippen LogP contribution in [0.1, 0.15) is 13.3 Å². The average Bonchev–Trinajstić information content (AvgIpc) is 2.85. The summed E-state index contributed by atoms with van der Waals surface area (Å²) in [6.45, 7) is 6.23. The first kappa shape index (κ1) is 13.6. The molecule has 0 spiro atoms. The lowest BCUT2D eigenvalue weighted by molar-refractivity contribution is -0.0102. The second-order valence-electron chi connectivity index (χ2n) is 4.99. The van der Waals surface area contributed by atoms with Gasteiger partial charge in [-0.2, -0.15) is 0 Å². The smallest absolute Gasteiger partial charge is 0.191 e. The molecule has 0 radical (unpaired) electrons. The van der Waals surface area contributed by atoms with Gasteiger partial charge in [0.15, 0.2) is 5.96 Å². The first-order chi connectivity index (χ1) is 8.65. The van der Waals surface area contributed by atoms with E-state index in [1.807, 2.05) is 6.92 Å². The van der Waals surface area contributed by atoms with Gasteiger partial charge in [0.25, 0.3) is 0 Å². The summed E-state index contributed by atoms with van der Waals surface area (Å²) in [5.74, 6) is 0.577. The second-order valence-corrected chi connectivity index (χ2v) is 4.99. The molecule has 0 aromatic heterocycles. The number of rotatable bonds is 3. The lowest BCUT2D eigenvalue weighted by atomic mass is 10.0. The zero-order chi connectivity index (χ0) is 13.0. The van der Waals surface area contributed by atoms with Gasteiger partial charge < -0.3 is 24.8 Å². The van der Waals surface area contributed by atoms with E-state index in [9.17, 15) is 0 Å². The minimum absolute atomic E-state index is 0.207. The Morgan fingerprint density at radius 3 is 3.00 bits per heavy atom. The number of hydrogen-bond donors (Lipinski definition) is 1. The van der Waals surface area contributed by atoms with Crippen LogP contribution in [0.4, 0.5) is 0 Å². The Kier molecular flexibility index (Phi) is 4.42. The number of methoxy groups -OCH3 is 1. The summed E-state index contributed by atoms with van der Waals surface area (Å²) in [7, 11) is 1.71. The highest BCUT2D eigenvalue weighted by molar-refractivity contribution is 5.78. The van der Waals surface area contributed by atoms with Crippen molar-refractivity contribution in [3.63, 3.8) is 0 Å². The van der Waals surface area contributed by atoms with E-state index in [0.29, 0.717) is 25.7 Å². The van der Waals surface area contributed by atoms with E-state index in [2.05, 4.69) is 9.89 Å². The quantitative estimate of drug-likeness (QED) is 0.561. The summed E-state index contributed by atoms with van der Waals surface area (Å²) >= 11 is 0. The summed E-state index contributed by atoms with van der Waals surface area (Å²) in [4.78, 5) is 6.53. The first-order valence-corrected chi connectivity index (χ1v) is 6.44. The molecule has 2 heterocycles. The van der Waals surface area contributed by atoms with Crippen molar-refractivity contribution in [1.82, 2.24) is 4.90 Å². The topological polar surface area (TPSA) is 69.3 Å². The Labute approximate surface area is 108 Å². The molecule has 0 saturated carbocycles. The first-order valence-electron chi connectivity index (χ1n) is 6.44. The number of hydrogen-bond acceptors (Lipinski definition) is 4. The zero-order valence-electron chi connectivity index (χ0n) is 11.2. The van der Waals surface area contributed by atoms with Gasteiger partial charge in [0.1, 0.15) is 5.60 Å². The third-order valence-corrected chi connectivity index (χ3v) is 3.59. The van der Waals surface area contributed by atoms with Gasteiger partial charge in [0.2, 0.25) is 0 Å². The maximum Gasteiger partial charge on any atom is 0.191 e. The molecule has 104 valence electrons. The van der Waals surface area contributed by atoms with Crippen LogP contribution in [0, 0.1) is 0 Å². The van der Waals surface area contributed by atoms with Crippen LogP contribution >= 0.6 is 0 Å². The molecular formula is C12H23N3O3. The van der Waals surface area contributed by atoms with Crippen molar-refractivity contribution in [2.45, 2.75) is 25.0 Å². The number of nitrogens with two attached hydrogens (primary N) is 1. The Bertz CT molecular complexity index is 303. The minimum atomic E-state index is -0.289. The van der Waals surface area contributed by atoms with E-state index in [-0.39, 0.29) is 11.7 Å². The van der Waals surface area contributed by atoms with E-state index in [4.69, 9.17) is 19.9 Å². The standard InChI is InChI=1S/C12H23N3O3/c1-10-7-15(4-6-18-10)11(13)14-8-12(16-2)3-5-17-9-12/h10H,3-9H2,1-2H3,(H2,13,14). The largest absolute Gasteiger partial charge is 0.378 e. The molecular weight excluding hydrogens is 234 g/mol. The third kappa shape index (κ3) is 3.13. The maximum atomic E-state index is 6.03. The lowest BCUT2D eigenvalue weighted by Gasteiger charge is -2.32. The highest BCUT2D eigenvalue weighted by Gasteiger charge is 2.35. The van der Waals surface area contributed by atoms with Gasteiger partial charge in [-0.3, -0.25) is 4.99 Å². The lowest BCUT2D eigenvalue weighted by Crippen LogP contribution is -2.48. The molecule has 2 saturated heterocycles. The molecule has 0 aliphatic carbocycles. The van der Waals surface area contributed by atoms with Crippen LogP contribution in [0.2, 0.25) is 0 Å². The van der Waals surface area contributed by atoms with Crippen molar-refractivity contribution in [2.24, 2.45) is 10.7 Å². The highest BCUT2D eigenvalue weighted by Crippen LogP contribution is 2.22. The van der Waals surface area contributed by atoms with E-state index < -0.39 is 0 Å². The summed E-state index contributed by atoms with van der Waals surface area (Å²) in [6, 6.07) is 0. The Morgan fingerprint density at radius 2 is 2.39 bits per heavy atom. The normalized spacial score (nSPS) is 34.0. The SMILES string of the molecule is COC1(CN=C(N)N2CCOC(C)C2)CCOC1. The van der Waals surface area contributed by atoms with Crippen LogP contribution in [0.15, 0.2) is 4.99 Å². The van der Waals surface area contributed by atoms with Crippen molar-refractivity contribution >= 4 is 5.96 Å². The molecule has 0 aromatic carbocycles. The second kappa shape index (κ2) is 5.86. The Hall–Kier alpha value is -0.850. The van der Waals surface area contributed by atoms with Crippen LogP contribution < -0.4 is 5.73 Å². The Balaban J connectivity index is 1.91. The van der Waals surface area contributed by atoms with Crippen molar-refractivity contribution in [2.75, 3.05) is 46.6 Å². The van der Waals surface area contributed by atoms with Gasteiger partial charge in [0, 0.05) is 33.2 Å². The fourth-order valence-electron chi connectivity index (χ4n) is 2.29. The highest BCUT2D eigenvalue weighted by atomic mass is 16.5. The molecule has 6 nitrogen and oxygen atoms in total. The molecule has 2 rings (SSSR count). The van der Waals surface area contributed by atoms with Gasteiger partial charge in [-0.1, -0.05) is 0 Å². The summed E-state index contributed by atoms with van der Waals surface area (Å²) in [5, 5.41) is 0. The number of nitrogens with zero attached hydrogens (tertiary/aromatic N) is 2. The molecule has 2 atom stereocenters. The van der Waals surface area contributed by atoms with Crippen molar-refractivity contribution in [3.05, 3.63) is 0 Å². The molecule has 18 heavy (non-hydrogen) atoms. The fourth-order valence-corrected chi connectivity index (χ4v) is 2.29. The number of aliphatic imine (C=N–C) groups is 1. The molecule has 0 aromatic rings. The third-order valence-electron chi connectivity index (χ3n) is 3.59. The molecule has 6 heteroatoms. The van der Waals surface area contributed by atoms with Crippen molar-refractivity contribution in [3.8, 4) is 0 Å². The van der Waals surface area contributed by atoms with Crippen LogP contribution in [0.5, 0.6) is 0 Å².